The van der Waals surface area contributed by atoms with Crippen molar-refractivity contribution in [1.29, 1.82) is 0 Å². The molecule has 148 valence electrons. The number of carbonyl (C=O) groups excluding carboxylic acids is 1. The predicted octanol–water partition coefficient (Wildman–Crippen LogP) is 3.99. The number of nitrogens with one attached hydrogen (secondary N) is 1. The van der Waals surface area contributed by atoms with E-state index in [1.807, 2.05) is 30.3 Å². The van der Waals surface area contributed by atoms with Gasteiger partial charge in [0.05, 0.1) is 0 Å². The Balaban J connectivity index is 1.22. The van der Waals surface area contributed by atoms with Crippen LogP contribution in [-0.2, 0) is 24.2 Å². The Labute approximate surface area is 172 Å². The van der Waals surface area contributed by atoms with Gasteiger partial charge in [0.1, 0.15) is 5.75 Å². The fraction of sp³-hybridized carbons (Fsp3) is 0.240. The number of nitrogens with zero attached hydrogens (tertiary/aromatic N) is 1. The van der Waals surface area contributed by atoms with Crippen LogP contribution < -0.4 is 15.0 Å². The third-order valence-corrected chi connectivity index (χ3v) is 5.28. The van der Waals surface area contributed by atoms with Gasteiger partial charge in [-0.05, 0) is 53.8 Å². The topological polar surface area (TPSA) is 41.6 Å². The quantitative estimate of drug-likeness (QED) is 0.668. The minimum atomic E-state index is -0.0996. The van der Waals surface area contributed by atoms with Crippen LogP contribution in [0.5, 0.6) is 5.75 Å². The van der Waals surface area contributed by atoms with Crippen LogP contribution >= 0.6 is 0 Å². The smallest absolute Gasteiger partial charge is 0.257 e. The van der Waals surface area contributed by atoms with Crippen molar-refractivity contribution in [3.63, 3.8) is 0 Å². The summed E-state index contributed by atoms with van der Waals surface area (Å²) < 4.78 is 5.46. The molecule has 0 saturated heterocycles. The van der Waals surface area contributed by atoms with Gasteiger partial charge in [0, 0.05) is 25.3 Å². The normalized spacial score (nSPS) is 12.9. The summed E-state index contributed by atoms with van der Waals surface area (Å²) in [5.41, 5.74) is 5.36. The molecule has 1 aliphatic rings. The maximum absolute atomic E-state index is 11.9. The van der Waals surface area contributed by atoms with E-state index in [-0.39, 0.29) is 12.5 Å². The molecule has 3 aromatic carbocycles. The van der Waals surface area contributed by atoms with E-state index in [9.17, 15) is 4.79 Å². The zero-order valence-corrected chi connectivity index (χ0v) is 16.5. The van der Waals surface area contributed by atoms with Gasteiger partial charge in [-0.25, -0.2) is 0 Å². The zero-order valence-electron chi connectivity index (χ0n) is 16.5. The van der Waals surface area contributed by atoms with Crippen LogP contribution in [0.15, 0.2) is 78.9 Å². The SMILES string of the molecule is O=C(COc1ccccc1)NCCc1ccc(N2CCc3ccccc3C2)cc1. The Kier molecular flexibility index (Phi) is 6.10. The van der Waals surface area contributed by atoms with Crippen molar-refractivity contribution in [1.82, 2.24) is 5.32 Å². The third kappa shape index (κ3) is 5.17. The summed E-state index contributed by atoms with van der Waals surface area (Å²) in [6, 6.07) is 26.8. The molecule has 4 nitrogen and oxygen atoms in total. The maximum atomic E-state index is 11.9. The van der Waals surface area contributed by atoms with Crippen LogP contribution in [0.4, 0.5) is 5.69 Å². The number of carbonyl (C=O) groups is 1. The van der Waals surface area contributed by atoms with E-state index >= 15 is 0 Å². The Bertz CT molecular complexity index is 939. The van der Waals surface area contributed by atoms with E-state index in [1.165, 1.54) is 22.4 Å². The minimum Gasteiger partial charge on any atom is -0.484 e. The highest BCUT2D eigenvalue weighted by atomic mass is 16.5. The van der Waals surface area contributed by atoms with E-state index in [0.29, 0.717) is 12.3 Å². The minimum absolute atomic E-state index is 0.0411. The van der Waals surface area contributed by atoms with Crippen LogP contribution in [0.1, 0.15) is 16.7 Å². The van der Waals surface area contributed by atoms with E-state index in [2.05, 4.69) is 58.7 Å². The monoisotopic (exact) mass is 386 g/mol. The fourth-order valence-electron chi connectivity index (χ4n) is 3.65. The molecule has 0 radical (unpaired) electrons. The number of fused-ring (bicyclic) bond motifs is 1. The number of hydrogen-bond acceptors (Lipinski definition) is 3. The van der Waals surface area contributed by atoms with E-state index in [1.54, 1.807) is 0 Å². The molecule has 4 heteroatoms. The molecule has 4 rings (SSSR count). The molecule has 0 bridgehead atoms. The van der Waals surface area contributed by atoms with Crippen molar-refractivity contribution in [2.45, 2.75) is 19.4 Å². The van der Waals surface area contributed by atoms with Crippen LogP contribution in [0.3, 0.4) is 0 Å². The maximum Gasteiger partial charge on any atom is 0.257 e. The number of anilines is 1. The fourth-order valence-corrected chi connectivity index (χ4v) is 3.65. The van der Waals surface area contributed by atoms with Crippen LogP contribution in [-0.4, -0.2) is 25.6 Å². The zero-order chi connectivity index (χ0) is 19.9. The predicted molar refractivity (Wildman–Crippen MR) is 116 cm³/mol. The number of benzene rings is 3. The first-order valence-electron chi connectivity index (χ1n) is 10.1. The lowest BCUT2D eigenvalue weighted by Gasteiger charge is -2.30. The molecule has 29 heavy (non-hydrogen) atoms. The molecule has 0 spiro atoms. The number of hydrogen-bond donors (Lipinski definition) is 1. The molecule has 1 heterocycles. The van der Waals surface area contributed by atoms with Gasteiger partial charge in [-0.3, -0.25) is 4.79 Å². The van der Waals surface area contributed by atoms with Gasteiger partial charge in [0.2, 0.25) is 0 Å². The van der Waals surface area contributed by atoms with Gasteiger partial charge in [-0.2, -0.15) is 0 Å². The average molecular weight is 386 g/mol. The van der Waals surface area contributed by atoms with Crippen molar-refractivity contribution in [2.24, 2.45) is 0 Å². The molecule has 1 N–H and O–H groups in total. The van der Waals surface area contributed by atoms with Crippen molar-refractivity contribution >= 4 is 11.6 Å². The Morgan fingerprint density at radius 3 is 2.41 bits per heavy atom. The van der Waals surface area contributed by atoms with Gasteiger partial charge < -0.3 is 15.0 Å². The van der Waals surface area contributed by atoms with Crippen LogP contribution in [0.2, 0.25) is 0 Å². The lowest BCUT2D eigenvalue weighted by molar-refractivity contribution is -0.123. The molecular weight excluding hydrogens is 360 g/mol. The highest BCUT2D eigenvalue weighted by molar-refractivity contribution is 5.77. The molecule has 0 aromatic heterocycles. The lowest BCUT2D eigenvalue weighted by atomic mass is 9.99. The molecule has 0 unspecified atom stereocenters. The molecule has 1 amide bonds. The van der Waals surface area contributed by atoms with Crippen molar-refractivity contribution in [2.75, 3.05) is 24.6 Å². The summed E-state index contributed by atoms with van der Waals surface area (Å²) in [7, 11) is 0. The van der Waals surface area contributed by atoms with Crippen LogP contribution in [0, 0.1) is 0 Å². The Morgan fingerprint density at radius 2 is 1.62 bits per heavy atom. The number of para-hydroxylation sites is 1. The van der Waals surface area contributed by atoms with Gasteiger partial charge in [0.25, 0.3) is 5.91 Å². The second-order valence-electron chi connectivity index (χ2n) is 7.31. The molecule has 0 aliphatic carbocycles. The highest BCUT2D eigenvalue weighted by Gasteiger charge is 2.15. The molecule has 0 saturated carbocycles. The van der Waals surface area contributed by atoms with Gasteiger partial charge in [0.15, 0.2) is 6.61 Å². The Morgan fingerprint density at radius 1 is 0.897 bits per heavy atom. The Hall–Kier alpha value is -3.27. The van der Waals surface area contributed by atoms with Gasteiger partial charge in [-0.1, -0.05) is 54.6 Å². The first-order chi connectivity index (χ1) is 14.3. The number of rotatable bonds is 7. The van der Waals surface area contributed by atoms with Crippen LogP contribution in [0.25, 0.3) is 0 Å². The number of amides is 1. The third-order valence-electron chi connectivity index (χ3n) is 5.28. The first-order valence-corrected chi connectivity index (χ1v) is 10.1. The van der Waals surface area contributed by atoms with Gasteiger partial charge >= 0.3 is 0 Å². The number of ether oxygens (including phenoxy) is 1. The largest absolute Gasteiger partial charge is 0.484 e. The average Bonchev–Trinajstić information content (AvgIpc) is 2.78. The summed E-state index contributed by atoms with van der Waals surface area (Å²) in [6.45, 7) is 2.66. The van der Waals surface area contributed by atoms with Crippen molar-refractivity contribution in [3.8, 4) is 5.75 Å². The van der Waals surface area contributed by atoms with E-state index < -0.39 is 0 Å². The van der Waals surface area contributed by atoms with Crippen molar-refractivity contribution < 1.29 is 9.53 Å². The first kappa shape index (κ1) is 19.1. The molecule has 1 aliphatic heterocycles. The lowest BCUT2D eigenvalue weighted by Crippen LogP contribution is -2.31. The summed E-state index contributed by atoms with van der Waals surface area (Å²) in [4.78, 5) is 14.4. The summed E-state index contributed by atoms with van der Waals surface area (Å²) in [5, 5.41) is 2.92. The van der Waals surface area contributed by atoms with E-state index in [0.717, 1.165) is 25.9 Å². The molecular formula is C25H26N2O2. The highest BCUT2D eigenvalue weighted by Crippen LogP contribution is 2.24. The second kappa shape index (κ2) is 9.28. The summed E-state index contributed by atoms with van der Waals surface area (Å²) in [5.74, 6) is 0.607. The second-order valence-corrected chi connectivity index (χ2v) is 7.31. The summed E-state index contributed by atoms with van der Waals surface area (Å²) in [6.07, 6.45) is 1.90. The molecule has 3 aromatic rings. The van der Waals surface area contributed by atoms with Crippen molar-refractivity contribution in [3.05, 3.63) is 95.6 Å². The standard InChI is InChI=1S/C25H26N2O2/c28-25(19-29-24-8-2-1-3-9-24)26-16-14-20-10-12-23(13-11-20)27-17-15-21-6-4-5-7-22(21)18-27/h1-13H,14-19H2,(H,26,28). The molecule has 0 fully saturated rings. The molecule has 0 atom stereocenters. The van der Waals surface area contributed by atoms with E-state index in [4.69, 9.17) is 4.74 Å². The summed E-state index contributed by atoms with van der Waals surface area (Å²) >= 11 is 0. The van der Waals surface area contributed by atoms with Gasteiger partial charge in [-0.15, -0.1) is 0 Å².